The van der Waals surface area contributed by atoms with Gasteiger partial charge in [0.2, 0.25) is 0 Å². The summed E-state index contributed by atoms with van der Waals surface area (Å²) in [7, 11) is 1.60. The van der Waals surface area contributed by atoms with E-state index in [0.717, 1.165) is 17.0 Å². The van der Waals surface area contributed by atoms with Crippen LogP contribution in [-0.4, -0.2) is 30.6 Å². The van der Waals surface area contributed by atoms with E-state index in [2.05, 4.69) is 5.32 Å². The zero-order valence-electron chi connectivity index (χ0n) is 17.5. The fourth-order valence-corrected chi connectivity index (χ4v) is 3.16. The highest BCUT2D eigenvalue weighted by atomic mass is 16.5. The number of Topliss-reactive ketones (excluding diaryl/α,β-unsaturated/α-hetero) is 1. The summed E-state index contributed by atoms with van der Waals surface area (Å²) in [6, 6.07) is 20.4. The standard InChI is InChI=1S/C25H25NO5/c1-3-31-25(29)19-4-10-20(11-5-19)26-23(17-8-14-22(30-2)15-9-17)16-24(28)18-6-12-21(27)13-7-18/h4-15,23,26-27H,3,16H2,1-2H3. The molecular weight excluding hydrogens is 394 g/mol. The van der Waals surface area contributed by atoms with Crippen molar-refractivity contribution >= 4 is 17.4 Å². The summed E-state index contributed by atoms with van der Waals surface area (Å²) in [6.45, 7) is 2.08. The van der Waals surface area contributed by atoms with Crippen LogP contribution < -0.4 is 10.1 Å². The molecular formula is C25H25NO5. The van der Waals surface area contributed by atoms with E-state index < -0.39 is 0 Å². The van der Waals surface area contributed by atoms with Crippen LogP contribution in [0.25, 0.3) is 0 Å². The molecule has 6 nitrogen and oxygen atoms in total. The normalized spacial score (nSPS) is 11.4. The molecule has 3 aromatic carbocycles. The van der Waals surface area contributed by atoms with E-state index in [1.807, 2.05) is 24.3 Å². The van der Waals surface area contributed by atoms with Gasteiger partial charge in [-0.15, -0.1) is 0 Å². The van der Waals surface area contributed by atoms with Crippen molar-refractivity contribution in [2.75, 3.05) is 19.0 Å². The molecule has 31 heavy (non-hydrogen) atoms. The van der Waals surface area contributed by atoms with Crippen LogP contribution in [0.4, 0.5) is 5.69 Å². The number of aromatic hydroxyl groups is 1. The van der Waals surface area contributed by atoms with Gasteiger partial charge in [0.15, 0.2) is 5.78 Å². The van der Waals surface area contributed by atoms with E-state index in [9.17, 15) is 14.7 Å². The van der Waals surface area contributed by atoms with Crippen LogP contribution in [0.3, 0.4) is 0 Å². The number of carbonyl (C=O) groups excluding carboxylic acids is 2. The SMILES string of the molecule is CCOC(=O)c1ccc(NC(CC(=O)c2ccc(O)cc2)c2ccc(OC)cc2)cc1. The first-order valence-corrected chi connectivity index (χ1v) is 10.00. The van der Waals surface area contributed by atoms with Gasteiger partial charge in [0.1, 0.15) is 11.5 Å². The predicted octanol–water partition coefficient (Wildman–Crippen LogP) is 5.00. The van der Waals surface area contributed by atoms with Crippen LogP contribution >= 0.6 is 0 Å². The Hall–Kier alpha value is -3.80. The van der Waals surface area contributed by atoms with E-state index >= 15 is 0 Å². The number of phenols is 1. The molecule has 0 bridgehead atoms. The van der Waals surface area contributed by atoms with E-state index in [4.69, 9.17) is 9.47 Å². The minimum atomic E-state index is -0.372. The molecule has 0 saturated carbocycles. The Balaban J connectivity index is 1.82. The summed E-state index contributed by atoms with van der Waals surface area (Å²) in [5, 5.41) is 12.8. The number of nitrogens with one attached hydrogen (secondary N) is 1. The Bertz CT molecular complexity index is 1010. The number of carbonyl (C=O) groups is 2. The van der Waals surface area contributed by atoms with Gasteiger partial charge in [0, 0.05) is 17.7 Å². The summed E-state index contributed by atoms with van der Waals surface area (Å²) in [5.74, 6) is 0.411. The highest BCUT2D eigenvalue weighted by molar-refractivity contribution is 5.97. The molecule has 0 fully saturated rings. The van der Waals surface area contributed by atoms with Crippen molar-refractivity contribution in [2.24, 2.45) is 0 Å². The zero-order chi connectivity index (χ0) is 22.2. The first-order valence-electron chi connectivity index (χ1n) is 10.00. The molecule has 0 amide bonds. The Morgan fingerprint density at radius 2 is 1.52 bits per heavy atom. The average molecular weight is 419 g/mol. The van der Waals surface area contributed by atoms with Gasteiger partial charge in [-0.25, -0.2) is 4.79 Å². The van der Waals surface area contributed by atoms with E-state index in [1.165, 1.54) is 12.1 Å². The number of rotatable bonds is 9. The number of ketones is 1. The minimum absolute atomic E-state index is 0.0588. The van der Waals surface area contributed by atoms with Crippen molar-refractivity contribution < 1.29 is 24.2 Å². The van der Waals surface area contributed by atoms with Gasteiger partial charge < -0.3 is 19.9 Å². The second-order valence-electron chi connectivity index (χ2n) is 6.94. The largest absolute Gasteiger partial charge is 0.508 e. The summed E-state index contributed by atoms with van der Waals surface area (Å²) >= 11 is 0. The molecule has 2 N–H and O–H groups in total. The number of hydrogen-bond acceptors (Lipinski definition) is 6. The van der Waals surface area contributed by atoms with E-state index in [1.54, 1.807) is 50.4 Å². The van der Waals surface area contributed by atoms with Crippen molar-refractivity contribution in [3.05, 3.63) is 89.5 Å². The topological polar surface area (TPSA) is 84.9 Å². The van der Waals surface area contributed by atoms with Crippen LogP contribution in [0, 0.1) is 0 Å². The number of esters is 1. The van der Waals surface area contributed by atoms with Crippen LogP contribution in [-0.2, 0) is 4.74 Å². The first kappa shape index (κ1) is 21.9. The summed E-state index contributed by atoms with van der Waals surface area (Å²) in [4.78, 5) is 24.7. The molecule has 1 atom stereocenters. The number of benzene rings is 3. The highest BCUT2D eigenvalue weighted by Gasteiger charge is 2.18. The van der Waals surface area contributed by atoms with Gasteiger partial charge in [-0.1, -0.05) is 12.1 Å². The molecule has 0 spiro atoms. The molecule has 0 aromatic heterocycles. The quantitative estimate of drug-likeness (QED) is 0.375. The van der Waals surface area contributed by atoms with Gasteiger partial charge in [-0.2, -0.15) is 0 Å². The third-order valence-electron chi connectivity index (χ3n) is 4.83. The van der Waals surface area contributed by atoms with Crippen LogP contribution in [0.2, 0.25) is 0 Å². The first-order chi connectivity index (χ1) is 15.0. The maximum absolute atomic E-state index is 12.9. The second kappa shape index (κ2) is 10.3. The monoisotopic (exact) mass is 419 g/mol. The molecule has 0 heterocycles. The average Bonchev–Trinajstić information content (AvgIpc) is 2.79. The lowest BCUT2D eigenvalue weighted by Gasteiger charge is -2.20. The fraction of sp³-hybridized carbons (Fsp3) is 0.200. The lowest BCUT2D eigenvalue weighted by Crippen LogP contribution is -2.16. The van der Waals surface area contributed by atoms with Gasteiger partial charge in [-0.05, 0) is 73.2 Å². The third kappa shape index (κ3) is 5.85. The highest BCUT2D eigenvalue weighted by Crippen LogP contribution is 2.27. The van der Waals surface area contributed by atoms with Crippen LogP contribution in [0.15, 0.2) is 72.8 Å². The van der Waals surface area contributed by atoms with Crippen molar-refractivity contribution in [1.29, 1.82) is 0 Å². The molecule has 160 valence electrons. The lowest BCUT2D eigenvalue weighted by atomic mass is 9.97. The molecule has 6 heteroatoms. The molecule has 1 unspecified atom stereocenters. The Morgan fingerprint density at radius 3 is 2.10 bits per heavy atom. The molecule has 0 aliphatic heterocycles. The minimum Gasteiger partial charge on any atom is -0.508 e. The van der Waals surface area contributed by atoms with Gasteiger partial charge >= 0.3 is 5.97 Å². The molecule has 3 aromatic rings. The van der Waals surface area contributed by atoms with Crippen molar-refractivity contribution in [3.8, 4) is 11.5 Å². The maximum atomic E-state index is 12.9. The van der Waals surface area contributed by atoms with Crippen LogP contribution in [0.1, 0.15) is 45.7 Å². The van der Waals surface area contributed by atoms with Gasteiger partial charge in [-0.3, -0.25) is 4.79 Å². The summed E-state index contributed by atoms with van der Waals surface area (Å²) < 4.78 is 10.2. The molecule has 0 saturated heterocycles. The smallest absolute Gasteiger partial charge is 0.338 e. The van der Waals surface area contributed by atoms with Crippen molar-refractivity contribution in [1.82, 2.24) is 0 Å². The van der Waals surface area contributed by atoms with Crippen molar-refractivity contribution in [2.45, 2.75) is 19.4 Å². The summed E-state index contributed by atoms with van der Waals surface area (Å²) in [5.41, 5.74) is 2.68. The van der Waals surface area contributed by atoms with E-state index in [-0.39, 0.29) is 30.0 Å². The number of anilines is 1. The second-order valence-corrected chi connectivity index (χ2v) is 6.94. The van der Waals surface area contributed by atoms with Crippen LogP contribution in [0.5, 0.6) is 11.5 Å². The van der Waals surface area contributed by atoms with E-state index in [0.29, 0.717) is 17.7 Å². The maximum Gasteiger partial charge on any atom is 0.338 e. The summed E-state index contributed by atoms with van der Waals surface area (Å²) in [6.07, 6.45) is 0.205. The Labute approximate surface area is 181 Å². The lowest BCUT2D eigenvalue weighted by molar-refractivity contribution is 0.0526. The predicted molar refractivity (Wildman–Crippen MR) is 119 cm³/mol. The molecule has 0 aliphatic rings. The molecule has 0 aliphatic carbocycles. The third-order valence-corrected chi connectivity index (χ3v) is 4.83. The fourth-order valence-electron chi connectivity index (χ4n) is 3.16. The Morgan fingerprint density at radius 1 is 0.903 bits per heavy atom. The van der Waals surface area contributed by atoms with Gasteiger partial charge in [0.05, 0.1) is 25.3 Å². The zero-order valence-corrected chi connectivity index (χ0v) is 17.5. The number of phenolic OH excluding ortho intramolecular Hbond substituents is 1. The molecule has 0 radical (unpaired) electrons. The van der Waals surface area contributed by atoms with Gasteiger partial charge in [0.25, 0.3) is 0 Å². The van der Waals surface area contributed by atoms with Crippen molar-refractivity contribution in [3.63, 3.8) is 0 Å². The Kier molecular flexibility index (Phi) is 7.27. The molecule has 3 rings (SSSR count). The number of hydrogen-bond donors (Lipinski definition) is 2. The number of methoxy groups -OCH3 is 1. The number of ether oxygens (including phenoxy) is 2.